The van der Waals surface area contributed by atoms with Gasteiger partial charge in [0.25, 0.3) is 5.56 Å². The van der Waals surface area contributed by atoms with E-state index in [0.29, 0.717) is 42.2 Å². The van der Waals surface area contributed by atoms with Crippen molar-refractivity contribution in [3.63, 3.8) is 0 Å². The van der Waals surface area contributed by atoms with E-state index in [9.17, 15) is 9.59 Å². The molecule has 2 aromatic carbocycles. The zero-order valence-corrected chi connectivity index (χ0v) is 22.5. The first kappa shape index (κ1) is 25.3. The molecule has 2 aromatic heterocycles. The number of ether oxygens (including phenoxy) is 1. The maximum absolute atomic E-state index is 13.7. The fourth-order valence-electron chi connectivity index (χ4n) is 4.18. The van der Waals surface area contributed by atoms with Crippen molar-refractivity contribution in [1.29, 1.82) is 0 Å². The third-order valence-corrected chi connectivity index (χ3v) is 7.25. The van der Waals surface area contributed by atoms with Gasteiger partial charge in [-0.2, -0.15) is 0 Å². The predicted molar refractivity (Wildman–Crippen MR) is 146 cm³/mol. The molecule has 1 aliphatic heterocycles. The monoisotopic (exact) mass is 552 g/mol. The van der Waals surface area contributed by atoms with E-state index in [4.69, 9.17) is 32.4 Å². The molecule has 37 heavy (non-hydrogen) atoms. The Morgan fingerprint density at radius 1 is 1.11 bits per heavy atom. The average Bonchev–Trinajstić information content (AvgIpc) is 3.43. The number of halogens is 2. The molecule has 0 aliphatic carbocycles. The number of hydrogen-bond acceptors (Lipinski definition) is 6. The molecular weight excluding hydrogens is 531 g/mol. The molecule has 0 spiro atoms. The summed E-state index contributed by atoms with van der Waals surface area (Å²) in [5.74, 6) is 0.635. The van der Waals surface area contributed by atoms with Crippen LogP contribution in [0.2, 0.25) is 10.0 Å². The molecule has 1 unspecified atom stereocenters. The SMILES string of the molecule is CC1=C(C(=O)OC(C)C)C(c2ccc(Cl)cc2)n2c(sc(=Cc3ccc(-c4cccc(Cl)c4)o3)c2=O)=N1. The molecule has 6 nitrogen and oxygen atoms in total. The number of fused-ring (bicyclic) bond motifs is 1. The molecule has 4 aromatic rings. The highest BCUT2D eigenvalue weighted by atomic mass is 35.5. The van der Waals surface area contributed by atoms with E-state index >= 15 is 0 Å². The van der Waals surface area contributed by atoms with Gasteiger partial charge in [-0.05, 0) is 62.7 Å². The van der Waals surface area contributed by atoms with Gasteiger partial charge in [0.1, 0.15) is 11.5 Å². The number of rotatable bonds is 5. The first-order chi connectivity index (χ1) is 17.7. The summed E-state index contributed by atoms with van der Waals surface area (Å²) in [4.78, 5) is 31.9. The van der Waals surface area contributed by atoms with E-state index in [2.05, 4.69) is 4.99 Å². The number of nitrogens with zero attached hydrogens (tertiary/aromatic N) is 2. The second-order valence-electron chi connectivity index (χ2n) is 8.80. The normalized spacial score (nSPS) is 15.6. The number of aromatic nitrogens is 1. The van der Waals surface area contributed by atoms with Crippen molar-refractivity contribution < 1.29 is 13.9 Å². The highest BCUT2D eigenvalue weighted by Crippen LogP contribution is 2.31. The van der Waals surface area contributed by atoms with Crippen LogP contribution in [0.15, 0.2) is 86.1 Å². The number of allylic oxidation sites excluding steroid dienone is 1. The van der Waals surface area contributed by atoms with Gasteiger partial charge in [-0.15, -0.1) is 0 Å². The molecule has 0 bridgehead atoms. The van der Waals surface area contributed by atoms with Crippen LogP contribution in [0.4, 0.5) is 0 Å². The number of esters is 1. The first-order valence-electron chi connectivity index (χ1n) is 11.6. The molecule has 9 heteroatoms. The van der Waals surface area contributed by atoms with Gasteiger partial charge in [0.05, 0.1) is 27.9 Å². The standard InChI is InChI=1S/C28H22Cl2N2O4S/c1-15(2)35-27(34)24-16(3)31-28-32(25(24)17-7-9-19(29)10-8-17)26(33)23(37-28)14-21-11-12-22(36-21)18-5-4-6-20(30)13-18/h4-15,25H,1-3H3. The van der Waals surface area contributed by atoms with Gasteiger partial charge < -0.3 is 9.15 Å². The summed E-state index contributed by atoms with van der Waals surface area (Å²) in [6, 6.07) is 17.3. The van der Waals surface area contributed by atoms with Gasteiger partial charge in [0, 0.05) is 21.7 Å². The minimum absolute atomic E-state index is 0.285. The van der Waals surface area contributed by atoms with Crippen molar-refractivity contribution >= 4 is 46.6 Å². The minimum atomic E-state index is -0.708. The Hall–Kier alpha value is -3.39. The highest BCUT2D eigenvalue weighted by molar-refractivity contribution is 7.07. The van der Waals surface area contributed by atoms with Crippen LogP contribution in [0.5, 0.6) is 0 Å². The van der Waals surface area contributed by atoms with Crippen LogP contribution in [0.25, 0.3) is 17.4 Å². The summed E-state index contributed by atoms with van der Waals surface area (Å²) < 4.78 is 13.5. The lowest BCUT2D eigenvalue weighted by atomic mass is 9.96. The molecule has 3 heterocycles. The van der Waals surface area contributed by atoms with E-state index in [1.807, 2.05) is 24.3 Å². The van der Waals surface area contributed by atoms with Crippen LogP contribution in [0.3, 0.4) is 0 Å². The molecule has 1 aliphatic rings. The van der Waals surface area contributed by atoms with Crippen molar-refractivity contribution in [3.05, 3.63) is 113 Å². The first-order valence-corrected chi connectivity index (χ1v) is 13.1. The molecule has 0 saturated heterocycles. The summed E-state index contributed by atoms with van der Waals surface area (Å²) in [5, 5.41) is 1.16. The summed E-state index contributed by atoms with van der Waals surface area (Å²) >= 11 is 13.5. The van der Waals surface area contributed by atoms with Gasteiger partial charge in [-0.1, -0.05) is 58.8 Å². The van der Waals surface area contributed by atoms with E-state index in [1.54, 1.807) is 63.2 Å². The smallest absolute Gasteiger partial charge is 0.338 e. The number of hydrogen-bond donors (Lipinski definition) is 0. The van der Waals surface area contributed by atoms with Crippen LogP contribution in [-0.4, -0.2) is 16.6 Å². The number of carbonyl (C=O) groups excluding carboxylic acids is 1. The maximum atomic E-state index is 13.7. The minimum Gasteiger partial charge on any atom is -0.459 e. The summed E-state index contributed by atoms with van der Waals surface area (Å²) in [5.41, 5.74) is 2.09. The second-order valence-corrected chi connectivity index (χ2v) is 10.7. The van der Waals surface area contributed by atoms with Gasteiger partial charge in [0.15, 0.2) is 4.80 Å². The number of thiazole rings is 1. The topological polar surface area (TPSA) is 73.8 Å². The molecule has 1 atom stereocenters. The van der Waals surface area contributed by atoms with E-state index in [1.165, 1.54) is 15.9 Å². The Kier molecular flexibility index (Phi) is 6.94. The van der Waals surface area contributed by atoms with Crippen LogP contribution < -0.4 is 14.9 Å². The van der Waals surface area contributed by atoms with Gasteiger partial charge in [-0.3, -0.25) is 9.36 Å². The van der Waals surface area contributed by atoms with Crippen LogP contribution in [0, 0.1) is 0 Å². The fraction of sp³-hybridized carbons (Fsp3) is 0.179. The van der Waals surface area contributed by atoms with Gasteiger partial charge in [-0.25, -0.2) is 9.79 Å². The third kappa shape index (κ3) is 5.07. The van der Waals surface area contributed by atoms with E-state index in [-0.39, 0.29) is 11.7 Å². The lowest BCUT2D eigenvalue weighted by molar-refractivity contribution is -0.143. The van der Waals surface area contributed by atoms with Crippen molar-refractivity contribution in [2.24, 2.45) is 4.99 Å². The average molecular weight is 553 g/mol. The maximum Gasteiger partial charge on any atom is 0.338 e. The second kappa shape index (κ2) is 10.2. The summed E-state index contributed by atoms with van der Waals surface area (Å²) in [6.45, 7) is 5.31. The fourth-order valence-corrected chi connectivity index (χ4v) is 5.52. The summed E-state index contributed by atoms with van der Waals surface area (Å²) in [6.07, 6.45) is 1.36. The van der Waals surface area contributed by atoms with E-state index in [0.717, 1.165) is 11.1 Å². The molecule has 0 amide bonds. The van der Waals surface area contributed by atoms with Crippen molar-refractivity contribution in [3.8, 4) is 11.3 Å². The van der Waals surface area contributed by atoms with Gasteiger partial charge in [0.2, 0.25) is 0 Å². The third-order valence-electron chi connectivity index (χ3n) is 5.78. The molecule has 0 saturated carbocycles. The predicted octanol–water partition coefficient (Wildman–Crippen LogP) is 5.75. The van der Waals surface area contributed by atoms with E-state index < -0.39 is 12.0 Å². The molecule has 188 valence electrons. The Labute approximate surface area is 226 Å². The summed E-state index contributed by atoms with van der Waals surface area (Å²) in [7, 11) is 0. The lowest BCUT2D eigenvalue weighted by Gasteiger charge is -2.25. The molecular formula is C28H22Cl2N2O4S. The Bertz CT molecular complexity index is 1710. The highest BCUT2D eigenvalue weighted by Gasteiger charge is 2.33. The zero-order chi connectivity index (χ0) is 26.3. The van der Waals surface area contributed by atoms with Crippen molar-refractivity contribution in [2.75, 3.05) is 0 Å². The quantitative estimate of drug-likeness (QED) is 0.295. The molecule has 0 fully saturated rings. The van der Waals surface area contributed by atoms with Crippen LogP contribution >= 0.6 is 34.5 Å². The van der Waals surface area contributed by atoms with Crippen molar-refractivity contribution in [1.82, 2.24) is 4.57 Å². The Morgan fingerprint density at radius 2 is 1.86 bits per heavy atom. The Balaban J connectivity index is 1.63. The largest absolute Gasteiger partial charge is 0.459 e. The number of carbonyl (C=O) groups is 1. The van der Waals surface area contributed by atoms with Gasteiger partial charge >= 0.3 is 5.97 Å². The molecule has 0 radical (unpaired) electrons. The molecule has 5 rings (SSSR count). The number of furan rings is 1. The van der Waals surface area contributed by atoms with Crippen molar-refractivity contribution in [2.45, 2.75) is 32.9 Å². The van der Waals surface area contributed by atoms with Crippen LogP contribution in [0.1, 0.15) is 38.1 Å². The van der Waals surface area contributed by atoms with Crippen LogP contribution in [-0.2, 0) is 9.53 Å². The number of benzene rings is 2. The lowest BCUT2D eigenvalue weighted by Crippen LogP contribution is -2.40. The zero-order valence-electron chi connectivity index (χ0n) is 20.2. The molecule has 0 N–H and O–H groups in total. The Morgan fingerprint density at radius 3 is 2.57 bits per heavy atom.